The van der Waals surface area contributed by atoms with Gasteiger partial charge in [0, 0.05) is 19.0 Å². The van der Waals surface area contributed by atoms with Crippen LogP contribution in [0.25, 0.3) is 0 Å². The van der Waals surface area contributed by atoms with Crippen molar-refractivity contribution < 1.29 is 13.6 Å². The maximum Gasteiger partial charge on any atom is 0.199 e. The van der Waals surface area contributed by atoms with Crippen molar-refractivity contribution in [1.82, 2.24) is 0 Å². The highest BCUT2D eigenvalue weighted by atomic mass is 32.2. The first-order valence-electron chi connectivity index (χ1n) is 10.3. The van der Waals surface area contributed by atoms with E-state index < -0.39 is 22.0 Å². The molecule has 0 aliphatic rings. The summed E-state index contributed by atoms with van der Waals surface area (Å²) in [6, 6.07) is 0. The lowest BCUT2D eigenvalue weighted by atomic mass is 9.95. The zero-order chi connectivity index (χ0) is 21.7. The van der Waals surface area contributed by atoms with E-state index in [4.69, 9.17) is 8.85 Å². The molecule has 0 amide bonds. The smallest absolute Gasteiger partial charge is 0.199 e. The van der Waals surface area contributed by atoms with Crippen molar-refractivity contribution in [1.29, 1.82) is 0 Å². The van der Waals surface area contributed by atoms with E-state index in [2.05, 4.69) is 74.7 Å². The zero-order valence-electron chi connectivity index (χ0n) is 20.2. The highest BCUT2D eigenvalue weighted by Gasteiger charge is 2.44. The van der Waals surface area contributed by atoms with Gasteiger partial charge in [-0.2, -0.15) is 0 Å². The van der Waals surface area contributed by atoms with Gasteiger partial charge in [-0.15, -0.1) is 0 Å². The molecule has 0 fully saturated rings. The molecule has 162 valence electrons. The van der Waals surface area contributed by atoms with Crippen LogP contribution in [0, 0.1) is 5.41 Å². The second kappa shape index (κ2) is 9.92. The average molecular weight is 435 g/mol. The molecule has 0 saturated heterocycles. The van der Waals surface area contributed by atoms with Crippen molar-refractivity contribution in [2.75, 3.05) is 19.0 Å². The molecule has 0 radical (unpaired) electrons. The van der Waals surface area contributed by atoms with Gasteiger partial charge in [-0.05, 0) is 49.6 Å². The summed E-state index contributed by atoms with van der Waals surface area (Å²) in [5.74, 6) is 0.880. The fourth-order valence-electron chi connectivity index (χ4n) is 1.76. The van der Waals surface area contributed by atoms with Crippen LogP contribution >= 0.6 is 11.8 Å². The molecule has 0 N–H and O–H groups in total. The van der Waals surface area contributed by atoms with Crippen molar-refractivity contribution in [2.24, 2.45) is 5.41 Å². The fraction of sp³-hybridized carbons (Fsp3) is 0.952. The highest BCUT2D eigenvalue weighted by molar-refractivity contribution is 8.13. The van der Waals surface area contributed by atoms with E-state index in [-0.39, 0.29) is 15.2 Å². The fourth-order valence-corrected chi connectivity index (χ4v) is 5.06. The molecular formula is C21H46O3SSi2. The van der Waals surface area contributed by atoms with Crippen molar-refractivity contribution in [2.45, 2.75) is 104 Å². The molecule has 0 atom stereocenters. The maximum absolute atomic E-state index is 13.1. The van der Waals surface area contributed by atoms with Crippen molar-refractivity contribution in [3.63, 3.8) is 0 Å². The Morgan fingerprint density at radius 3 is 1.48 bits per heavy atom. The highest BCUT2D eigenvalue weighted by Crippen LogP contribution is 2.40. The van der Waals surface area contributed by atoms with Gasteiger partial charge >= 0.3 is 0 Å². The summed E-state index contributed by atoms with van der Waals surface area (Å²) in [4.78, 5) is 13.1. The van der Waals surface area contributed by atoms with Gasteiger partial charge in [0.2, 0.25) is 0 Å². The van der Waals surface area contributed by atoms with Crippen LogP contribution in [0.2, 0.25) is 36.3 Å². The van der Waals surface area contributed by atoms with Gasteiger partial charge in [0.25, 0.3) is 0 Å². The number of unbranched alkanes of at least 4 members (excludes halogenated alkanes) is 1. The SMILES string of the molecule is CCCCSC(=O)C(C)(CO[Si](C)(C)C(C)(C)C)CO[Si](C)(C)C(C)(C)C. The first-order chi connectivity index (χ1) is 11.9. The predicted octanol–water partition coefficient (Wildman–Crippen LogP) is 7.10. The Morgan fingerprint density at radius 2 is 1.19 bits per heavy atom. The maximum atomic E-state index is 13.1. The Balaban J connectivity index is 5.35. The zero-order valence-corrected chi connectivity index (χ0v) is 23.0. The largest absolute Gasteiger partial charge is 0.416 e. The van der Waals surface area contributed by atoms with E-state index in [0.717, 1.165) is 18.6 Å². The van der Waals surface area contributed by atoms with Gasteiger partial charge in [0.15, 0.2) is 21.8 Å². The number of hydrogen-bond donors (Lipinski definition) is 0. The minimum absolute atomic E-state index is 0.132. The molecule has 3 nitrogen and oxygen atoms in total. The van der Waals surface area contributed by atoms with Gasteiger partial charge in [-0.1, -0.05) is 66.6 Å². The quantitative estimate of drug-likeness (QED) is 0.271. The van der Waals surface area contributed by atoms with E-state index in [1.807, 2.05) is 6.92 Å². The third-order valence-corrected chi connectivity index (χ3v) is 16.5. The molecule has 0 heterocycles. The van der Waals surface area contributed by atoms with E-state index in [0.29, 0.717) is 13.2 Å². The first-order valence-corrected chi connectivity index (χ1v) is 17.1. The van der Waals surface area contributed by atoms with Crippen molar-refractivity contribution in [3.05, 3.63) is 0 Å². The van der Waals surface area contributed by atoms with Crippen LogP contribution in [0.15, 0.2) is 0 Å². The predicted molar refractivity (Wildman–Crippen MR) is 127 cm³/mol. The molecule has 0 spiro atoms. The Kier molecular flexibility index (Phi) is 10.1. The van der Waals surface area contributed by atoms with Crippen molar-refractivity contribution >= 4 is 33.5 Å². The van der Waals surface area contributed by atoms with Crippen LogP contribution in [0.3, 0.4) is 0 Å². The molecule has 0 aliphatic heterocycles. The number of rotatable bonds is 10. The molecule has 0 rings (SSSR count). The number of carbonyl (C=O) groups is 1. The van der Waals surface area contributed by atoms with Crippen LogP contribution in [-0.4, -0.2) is 40.7 Å². The molecule has 6 heteroatoms. The van der Waals surface area contributed by atoms with Gasteiger partial charge in [-0.25, -0.2) is 0 Å². The van der Waals surface area contributed by atoms with E-state index in [1.165, 1.54) is 11.8 Å². The van der Waals surface area contributed by atoms with Crippen LogP contribution in [0.1, 0.15) is 68.2 Å². The molecule has 0 aromatic carbocycles. The molecule has 27 heavy (non-hydrogen) atoms. The minimum Gasteiger partial charge on any atom is -0.416 e. The average Bonchev–Trinajstić information content (AvgIpc) is 2.49. The normalized spacial score (nSPS) is 14.5. The third kappa shape index (κ3) is 8.33. The first kappa shape index (κ1) is 27.4. The van der Waals surface area contributed by atoms with E-state index in [9.17, 15) is 4.79 Å². The second-order valence-corrected chi connectivity index (χ2v) is 21.8. The topological polar surface area (TPSA) is 35.5 Å². The lowest BCUT2D eigenvalue weighted by Crippen LogP contribution is -2.49. The summed E-state index contributed by atoms with van der Waals surface area (Å²) < 4.78 is 13.0. The second-order valence-electron chi connectivity index (χ2n) is 11.1. The summed E-state index contributed by atoms with van der Waals surface area (Å²) in [6.45, 7) is 27.5. The molecule has 0 unspecified atom stereocenters. The van der Waals surface area contributed by atoms with Gasteiger partial charge in [0.1, 0.15) is 0 Å². The summed E-state index contributed by atoms with van der Waals surface area (Å²) in [6.07, 6.45) is 2.18. The lowest BCUT2D eigenvalue weighted by Gasteiger charge is -2.42. The van der Waals surface area contributed by atoms with E-state index >= 15 is 0 Å². The standard InChI is InChI=1S/C21H46O3SSi2/c1-13-14-15-25-18(22)21(8,16-23-26(9,10)19(2,3)4)17-24-27(11,12)20(5,6)7/h13-17H2,1-12H3. The Hall–Kier alpha value is 0.374. The minimum atomic E-state index is -1.92. The molecule has 0 aromatic rings. The molecule has 0 aliphatic carbocycles. The Labute approximate surface area is 176 Å². The summed E-state index contributed by atoms with van der Waals surface area (Å²) in [7, 11) is -3.83. The number of hydrogen-bond acceptors (Lipinski definition) is 4. The molecule has 0 bridgehead atoms. The summed E-state index contributed by atoms with van der Waals surface area (Å²) >= 11 is 1.46. The van der Waals surface area contributed by atoms with Crippen LogP contribution in [0.4, 0.5) is 0 Å². The summed E-state index contributed by atoms with van der Waals surface area (Å²) in [5.41, 5.74) is -0.594. The van der Waals surface area contributed by atoms with Crippen LogP contribution < -0.4 is 0 Å². The van der Waals surface area contributed by atoms with E-state index in [1.54, 1.807) is 0 Å². The Bertz CT molecular complexity index is 447. The van der Waals surface area contributed by atoms with Gasteiger partial charge in [0.05, 0.1) is 5.41 Å². The Morgan fingerprint density at radius 1 is 0.815 bits per heavy atom. The lowest BCUT2D eigenvalue weighted by molar-refractivity contribution is -0.122. The van der Waals surface area contributed by atoms with Gasteiger partial charge in [-0.3, -0.25) is 4.79 Å². The molecule has 0 saturated carbocycles. The van der Waals surface area contributed by atoms with Crippen LogP contribution in [0.5, 0.6) is 0 Å². The third-order valence-electron chi connectivity index (χ3n) is 6.34. The van der Waals surface area contributed by atoms with Crippen LogP contribution in [-0.2, 0) is 13.6 Å². The summed E-state index contributed by atoms with van der Waals surface area (Å²) in [5, 5.41) is 0.479. The molecule has 0 aromatic heterocycles. The number of carbonyl (C=O) groups excluding carboxylic acids is 1. The number of thioether (sulfide) groups is 1. The molecular weight excluding hydrogens is 388 g/mol. The monoisotopic (exact) mass is 434 g/mol. The van der Waals surface area contributed by atoms with Gasteiger partial charge < -0.3 is 8.85 Å². The van der Waals surface area contributed by atoms with Crippen molar-refractivity contribution in [3.8, 4) is 0 Å².